The van der Waals surface area contributed by atoms with Gasteiger partial charge in [0.25, 0.3) is 0 Å². The first-order chi connectivity index (χ1) is 8.20. The van der Waals surface area contributed by atoms with Crippen molar-refractivity contribution < 1.29 is 4.74 Å². The molecule has 0 aromatic carbocycles. The van der Waals surface area contributed by atoms with Crippen LogP contribution in [-0.4, -0.2) is 25.3 Å². The third-order valence-electron chi connectivity index (χ3n) is 3.76. The molecular weight excluding hydrogens is 210 g/mol. The van der Waals surface area contributed by atoms with Gasteiger partial charge in [-0.15, -0.1) is 0 Å². The summed E-state index contributed by atoms with van der Waals surface area (Å²) in [6.07, 6.45) is 7.08. The summed E-state index contributed by atoms with van der Waals surface area (Å²) in [6, 6.07) is 0.322. The summed E-state index contributed by atoms with van der Waals surface area (Å²) in [5.41, 5.74) is 1.20. The lowest BCUT2D eigenvalue weighted by molar-refractivity contribution is -0.00928. The highest BCUT2D eigenvalue weighted by molar-refractivity contribution is 5.07. The van der Waals surface area contributed by atoms with E-state index in [0.29, 0.717) is 18.1 Å². The van der Waals surface area contributed by atoms with Gasteiger partial charge < -0.3 is 10.1 Å². The SMILES string of the molecule is C=C(C)C(NCC)C(OCC)C1CCCCC1. The molecule has 0 saturated heterocycles. The van der Waals surface area contributed by atoms with E-state index >= 15 is 0 Å². The third-order valence-corrected chi connectivity index (χ3v) is 3.76. The smallest absolute Gasteiger partial charge is 0.0794 e. The van der Waals surface area contributed by atoms with E-state index in [1.54, 1.807) is 0 Å². The first-order valence-corrected chi connectivity index (χ1v) is 7.21. The highest BCUT2D eigenvalue weighted by atomic mass is 16.5. The highest BCUT2D eigenvalue weighted by Crippen LogP contribution is 2.30. The maximum absolute atomic E-state index is 6.03. The first kappa shape index (κ1) is 14.7. The summed E-state index contributed by atoms with van der Waals surface area (Å²) < 4.78 is 6.03. The van der Waals surface area contributed by atoms with Crippen molar-refractivity contribution in [3.05, 3.63) is 12.2 Å². The minimum Gasteiger partial charge on any atom is -0.376 e. The second-order valence-electron chi connectivity index (χ2n) is 5.20. The summed E-state index contributed by atoms with van der Waals surface area (Å²) in [5.74, 6) is 0.712. The van der Waals surface area contributed by atoms with Gasteiger partial charge in [-0.2, -0.15) is 0 Å². The van der Waals surface area contributed by atoms with Gasteiger partial charge in [0.05, 0.1) is 12.1 Å². The van der Waals surface area contributed by atoms with Crippen LogP contribution >= 0.6 is 0 Å². The van der Waals surface area contributed by atoms with Crippen molar-refractivity contribution in [1.82, 2.24) is 5.32 Å². The molecule has 0 aromatic rings. The number of hydrogen-bond acceptors (Lipinski definition) is 2. The second-order valence-corrected chi connectivity index (χ2v) is 5.20. The molecule has 1 fully saturated rings. The normalized spacial score (nSPS) is 21.1. The molecule has 1 aliphatic rings. The molecular formula is C15H29NO. The molecule has 2 unspecified atom stereocenters. The maximum Gasteiger partial charge on any atom is 0.0794 e. The Morgan fingerprint density at radius 1 is 1.29 bits per heavy atom. The Labute approximate surface area is 107 Å². The predicted octanol–water partition coefficient (Wildman–Crippen LogP) is 3.53. The van der Waals surface area contributed by atoms with Crippen LogP contribution in [0.25, 0.3) is 0 Å². The van der Waals surface area contributed by atoms with E-state index in [2.05, 4.69) is 32.7 Å². The number of nitrogens with one attached hydrogen (secondary N) is 1. The molecule has 0 heterocycles. The van der Waals surface area contributed by atoms with E-state index in [1.165, 1.54) is 37.7 Å². The number of rotatable bonds is 7. The number of hydrogen-bond donors (Lipinski definition) is 1. The van der Waals surface area contributed by atoms with Gasteiger partial charge in [0.15, 0.2) is 0 Å². The van der Waals surface area contributed by atoms with E-state index in [-0.39, 0.29) is 0 Å². The van der Waals surface area contributed by atoms with E-state index < -0.39 is 0 Å². The Hall–Kier alpha value is -0.340. The molecule has 1 aliphatic carbocycles. The Kier molecular flexibility index (Phi) is 6.83. The molecule has 100 valence electrons. The fourth-order valence-corrected chi connectivity index (χ4v) is 2.95. The van der Waals surface area contributed by atoms with Gasteiger partial charge in [-0.25, -0.2) is 0 Å². The van der Waals surface area contributed by atoms with Crippen molar-refractivity contribution in [1.29, 1.82) is 0 Å². The van der Waals surface area contributed by atoms with Gasteiger partial charge in [0.2, 0.25) is 0 Å². The van der Waals surface area contributed by atoms with Crippen LogP contribution < -0.4 is 5.32 Å². The Bertz CT molecular complexity index is 221. The highest BCUT2D eigenvalue weighted by Gasteiger charge is 2.30. The summed E-state index contributed by atoms with van der Waals surface area (Å²) >= 11 is 0. The summed E-state index contributed by atoms with van der Waals surface area (Å²) in [7, 11) is 0. The monoisotopic (exact) mass is 239 g/mol. The molecule has 0 aliphatic heterocycles. The van der Waals surface area contributed by atoms with E-state index in [0.717, 1.165) is 13.2 Å². The minimum atomic E-state index is 0.317. The van der Waals surface area contributed by atoms with E-state index in [9.17, 15) is 0 Å². The van der Waals surface area contributed by atoms with Gasteiger partial charge in [0, 0.05) is 6.61 Å². The summed E-state index contributed by atoms with van der Waals surface area (Å²) in [6.45, 7) is 12.3. The van der Waals surface area contributed by atoms with Crippen LogP contribution in [0.15, 0.2) is 12.2 Å². The lowest BCUT2D eigenvalue weighted by Gasteiger charge is -2.36. The number of ether oxygens (including phenoxy) is 1. The lowest BCUT2D eigenvalue weighted by Crippen LogP contribution is -2.46. The molecule has 2 heteroatoms. The van der Waals surface area contributed by atoms with Crippen molar-refractivity contribution in [3.63, 3.8) is 0 Å². The van der Waals surface area contributed by atoms with E-state index in [1.807, 2.05) is 0 Å². The second kappa shape index (κ2) is 7.88. The van der Waals surface area contributed by atoms with Gasteiger partial charge in [0.1, 0.15) is 0 Å². The van der Waals surface area contributed by atoms with Crippen LogP contribution in [0.1, 0.15) is 52.9 Å². The molecule has 1 saturated carbocycles. The van der Waals surface area contributed by atoms with Crippen molar-refractivity contribution in [2.45, 2.75) is 65.0 Å². The molecule has 1 N–H and O–H groups in total. The average Bonchev–Trinajstić information content (AvgIpc) is 2.34. The Morgan fingerprint density at radius 3 is 2.41 bits per heavy atom. The van der Waals surface area contributed by atoms with Crippen LogP contribution in [-0.2, 0) is 4.74 Å². The zero-order valence-corrected chi connectivity index (χ0v) is 11.8. The molecule has 0 bridgehead atoms. The van der Waals surface area contributed by atoms with Crippen LogP contribution in [0.3, 0.4) is 0 Å². The van der Waals surface area contributed by atoms with Gasteiger partial charge in [-0.05, 0) is 39.2 Å². The Morgan fingerprint density at radius 2 is 1.94 bits per heavy atom. The van der Waals surface area contributed by atoms with Crippen LogP contribution in [0.5, 0.6) is 0 Å². The molecule has 0 aromatic heterocycles. The zero-order valence-electron chi connectivity index (χ0n) is 11.8. The molecule has 1 rings (SSSR count). The quantitative estimate of drug-likeness (QED) is 0.686. The van der Waals surface area contributed by atoms with Crippen molar-refractivity contribution in [2.75, 3.05) is 13.2 Å². The average molecular weight is 239 g/mol. The molecule has 0 radical (unpaired) electrons. The van der Waals surface area contributed by atoms with Crippen molar-refractivity contribution in [3.8, 4) is 0 Å². The first-order valence-electron chi connectivity index (χ1n) is 7.21. The molecule has 2 atom stereocenters. The number of likely N-dealkylation sites (N-methyl/N-ethyl adjacent to an activating group) is 1. The summed E-state index contributed by atoms with van der Waals surface area (Å²) in [4.78, 5) is 0. The fourth-order valence-electron chi connectivity index (χ4n) is 2.95. The predicted molar refractivity (Wildman–Crippen MR) is 74.3 cm³/mol. The summed E-state index contributed by atoms with van der Waals surface area (Å²) in [5, 5.41) is 3.54. The molecule has 0 spiro atoms. The fraction of sp³-hybridized carbons (Fsp3) is 0.867. The van der Waals surface area contributed by atoms with Gasteiger partial charge in [-0.3, -0.25) is 0 Å². The largest absolute Gasteiger partial charge is 0.376 e. The van der Waals surface area contributed by atoms with Crippen LogP contribution in [0.2, 0.25) is 0 Å². The van der Waals surface area contributed by atoms with Crippen molar-refractivity contribution in [2.24, 2.45) is 5.92 Å². The minimum absolute atomic E-state index is 0.317. The van der Waals surface area contributed by atoms with Crippen molar-refractivity contribution >= 4 is 0 Å². The molecule has 17 heavy (non-hydrogen) atoms. The Balaban J connectivity index is 2.68. The van der Waals surface area contributed by atoms with Crippen LogP contribution in [0.4, 0.5) is 0 Å². The van der Waals surface area contributed by atoms with Crippen LogP contribution in [0, 0.1) is 5.92 Å². The maximum atomic E-state index is 6.03. The zero-order chi connectivity index (χ0) is 12.7. The standard InChI is InChI=1S/C15H29NO/c1-5-16-14(12(3)4)15(17-6-2)13-10-8-7-9-11-13/h13-16H,3,5-11H2,1-2,4H3. The third kappa shape index (κ3) is 4.44. The van der Waals surface area contributed by atoms with E-state index in [4.69, 9.17) is 4.74 Å². The molecule has 0 amide bonds. The molecule has 2 nitrogen and oxygen atoms in total. The topological polar surface area (TPSA) is 21.3 Å². The van der Waals surface area contributed by atoms with Gasteiger partial charge in [-0.1, -0.05) is 38.3 Å². The lowest BCUT2D eigenvalue weighted by atomic mass is 9.81. The van der Waals surface area contributed by atoms with Gasteiger partial charge >= 0.3 is 0 Å².